The summed E-state index contributed by atoms with van der Waals surface area (Å²) in [6, 6.07) is 13.3. The molecule has 0 aliphatic heterocycles. The Morgan fingerprint density at radius 3 is 2.22 bits per heavy atom. The second-order valence-corrected chi connectivity index (χ2v) is 8.03. The van der Waals surface area contributed by atoms with Crippen molar-refractivity contribution in [3.05, 3.63) is 95.6 Å². The monoisotopic (exact) mass is 401 g/mol. The number of halogens is 1. The van der Waals surface area contributed by atoms with Gasteiger partial charge in [0, 0.05) is 21.2 Å². The fraction of sp³-hybridized carbons (Fsp3) is 0.217. The van der Waals surface area contributed by atoms with Crippen LogP contribution in [0.25, 0.3) is 0 Å². The van der Waals surface area contributed by atoms with Crippen molar-refractivity contribution in [3.63, 3.8) is 0 Å². The van der Waals surface area contributed by atoms with Crippen LogP contribution in [0.4, 0.5) is 5.69 Å². The molecule has 2 aromatic rings. The van der Waals surface area contributed by atoms with E-state index in [0.29, 0.717) is 21.8 Å². The topological polar surface area (TPSA) is 46.2 Å². The zero-order valence-electron chi connectivity index (χ0n) is 16.1. The molecule has 2 aromatic carbocycles. The van der Waals surface area contributed by atoms with Crippen LogP contribution in [0.15, 0.2) is 84.3 Å². The van der Waals surface area contributed by atoms with Gasteiger partial charge in [0.15, 0.2) is 0 Å². The highest BCUT2D eigenvalue weighted by Gasteiger charge is 2.14. The second-order valence-electron chi connectivity index (χ2n) is 7.08. The first-order valence-corrected chi connectivity index (χ1v) is 9.40. The van der Waals surface area contributed by atoms with E-state index in [0.717, 1.165) is 4.90 Å². The van der Waals surface area contributed by atoms with Gasteiger partial charge in [-0.3, -0.25) is 0 Å². The number of thiol groups is 1. The molecule has 0 aliphatic carbocycles. The Kier molecular flexibility index (Phi) is 8.91. The summed E-state index contributed by atoms with van der Waals surface area (Å²) >= 11 is 10.1. The minimum Gasteiger partial charge on any atom is -0.398 e. The van der Waals surface area contributed by atoms with Crippen LogP contribution >= 0.6 is 24.2 Å². The number of benzene rings is 2. The molecule has 0 spiro atoms. The number of hydrogen-bond donors (Lipinski definition) is 3. The highest BCUT2D eigenvalue weighted by atomic mass is 35.5. The summed E-state index contributed by atoms with van der Waals surface area (Å²) in [6.45, 7) is 13.8. The standard InChI is InChI=1S/C13H14ClNO.C10H14S/c1-3-5-9(4-2)13(16)11-8-10(14)6-7-12(11)15;1-10(2,3)8-4-6-9(11)7-5-8/h3-8,13,16H,1-2,15H2;4-7,11H,1-3H3/b9-5+;. The third-order valence-corrected chi connectivity index (χ3v) is 4.47. The minimum atomic E-state index is -0.839. The molecule has 1 atom stereocenters. The number of aliphatic hydroxyl groups excluding tert-OH is 1. The quantitative estimate of drug-likeness (QED) is 0.310. The molecule has 0 aromatic heterocycles. The van der Waals surface area contributed by atoms with Crippen LogP contribution in [0.3, 0.4) is 0 Å². The van der Waals surface area contributed by atoms with Gasteiger partial charge in [-0.05, 0) is 46.9 Å². The summed E-state index contributed by atoms with van der Waals surface area (Å²) in [6.07, 6.45) is 3.99. The molecule has 144 valence electrons. The Labute approximate surface area is 173 Å². The molecule has 0 saturated carbocycles. The maximum absolute atomic E-state index is 10.1. The molecule has 0 radical (unpaired) electrons. The molecule has 2 rings (SSSR count). The summed E-state index contributed by atoms with van der Waals surface area (Å²) in [5, 5.41) is 10.6. The molecule has 4 heteroatoms. The van der Waals surface area contributed by atoms with Crippen LogP contribution in [0.2, 0.25) is 5.02 Å². The fourth-order valence-electron chi connectivity index (χ4n) is 2.33. The first-order chi connectivity index (χ1) is 12.6. The molecule has 0 fully saturated rings. The highest BCUT2D eigenvalue weighted by molar-refractivity contribution is 7.80. The normalized spacial score (nSPS) is 12.6. The van der Waals surface area contributed by atoms with Crippen molar-refractivity contribution in [2.75, 3.05) is 5.73 Å². The predicted molar refractivity (Wildman–Crippen MR) is 122 cm³/mol. The molecule has 0 saturated heterocycles. The summed E-state index contributed by atoms with van der Waals surface area (Å²) in [5.74, 6) is 0. The lowest BCUT2D eigenvalue weighted by molar-refractivity contribution is 0.220. The smallest absolute Gasteiger partial charge is 0.106 e. The molecule has 0 amide bonds. The summed E-state index contributed by atoms with van der Waals surface area (Å²) in [4.78, 5) is 1.03. The molecule has 27 heavy (non-hydrogen) atoms. The van der Waals surface area contributed by atoms with E-state index in [9.17, 15) is 5.11 Å². The summed E-state index contributed by atoms with van der Waals surface area (Å²) in [7, 11) is 0. The van der Waals surface area contributed by atoms with E-state index >= 15 is 0 Å². The number of aliphatic hydroxyl groups is 1. The zero-order valence-corrected chi connectivity index (χ0v) is 17.8. The maximum Gasteiger partial charge on any atom is 0.106 e. The first-order valence-electron chi connectivity index (χ1n) is 8.57. The molecule has 1 unspecified atom stereocenters. The number of allylic oxidation sites excluding steroid dienone is 2. The first kappa shape index (κ1) is 23.1. The van der Waals surface area contributed by atoms with Crippen LogP contribution < -0.4 is 5.73 Å². The minimum absolute atomic E-state index is 0.251. The SMILES string of the molecule is C=C/C=C(\C=C)C(O)c1cc(Cl)ccc1N.CC(C)(C)c1ccc(S)cc1. The van der Waals surface area contributed by atoms with Gasteiger partial charge in [0.2, 0.25) is 0 Å². The molecular weight excluding hydrogens is 374 g/mol. The average Bonchev–Trinajstić information content (AvgIpc) is 2.61. The van der Waals surface area contributed by atoms with Crippen molar-refractivity contribution >= 4 is 29.9 Å². The largest absolute Gasteiger partial charge is 0.398 e. The van der Waals surface area contributed by atoms with Crippen LogP contribution in [-0.4, -0.2) is 5.11 Å². The molecule has 0 heterocycles. The number of hydrogen-bond acceptors (Lipinski definition) is 3. The van der Waals surface area contributed by atoms with E-state index < -0.39 is 6.10 Å². The van der Waals surface area contributed by atoms with Gasteiger partial charge < -0.3 is 10.8 Å². The van der Waals surface area contributed by atoms with Gasteiger partial charge in [-0.25, -0.2) is 0 Å². The second kappa shape index (κ2) is 10.4. The highest BCUT2D eigenvalue weighted by Crippen LogP contribution is 2.29. The number of nitrogen functional groups attached to an aromatic ring is 1. The maximum atomic E-state index is 10.1. The number of rotatable bonds is 4. The lowest BCUT2D eigenvalue weighted by Gasteiger charge is -2.18. The Bertz CT molecular complexity index is 804. The average molecular weight is 402 g/mol. The number of nitrogens with two attached hydrogens (primary N) is 1. The number of anilines is 1. The van der Waals surface area contributed by atoms with Gasteiger partial charge in [0.25, 0.3) is 0 Å². The lowest BCUT2D eigenvalue weighted by atomic mass is 9.87. The van der Waals surface area contributed by atoms with Gasteiger partial charge in [0.1, 0.15) is 6.10 Å². The van der Waals surface area contributed by atoms with Crippen molar-refractivity contribution < 1.29 is 5.11 Å². The van der Waals surface area contributed by atoms with Gasteiger partial charge in [-0.2, -0.15) is 0 Å². The summed E-state index contributed by atoms with van der Waals surface area (Å²) < 4.78 is 0. The fourth-order valence-corrected chi connectivity index (χ4v) is 2.66. The van der Waals surface area contributed by atoms with Crippen molar-refractivity contribution in [3.8, 4) is 0 Å². The molecular formula is C23H28ClNOS. The van der Waals surface area contributed by atoms with E-state index in [2.05, 4.69) is 58.7 Å². The molecule has 0 aliphatic rings. The molecule has 2 nitrogen and oxygen atoms in total. The van der Waals surface area contributed by atoms with Crippen molar-refractivity contribution in [2.24, 2.45) is 0 Å². The van der Waals surface area contributed by atoms with Gasteiger partial charge in [-0.15, -0.1) is 12.6 Å². The van der Waals surface area contributed by atoms with Crippen molar-refractivity contribution in [1.29, 1.82) is 0 Å². The van der Waals surface area contributed by atoms with E-state index in [1.807, 2.05) is 12.1 Å². The Balaban J connectivity index is 0.000000289. The Hall–Kier alpha value is -1.94. The predicted octanol–water partition coefficient (Wildman–Crippen LogP) is 6.53. The van der Waals surface area contributed by atoms with Gasteiger partial charge in [0.05, 0.1) is 0 Å². The Morgan fingerprint density at radius 1 is 1.15 bits per heavy atom. The lowest BCUT2D eigenvalue weighted by Crippen LogP contribution is -2.10. The van der Waals surface area contributed by atoms with E-state index in [1.54, 1.807) is 36.4 Å². The van der Waals surface area contributed by atoms with Crippen molar-refractivity contribution in [2.45, 2.75) is 37.2 Å². The van der Waals surface area contributed by atoms with Crippen LogP contribution in [0.1, 0.15) is 38.0 Å². The third-order valence-electron chi connectivity index (χ3n) is 3.94. The van der Waals surface area contributed by atoms with Crippen molar-refractivity contribution in [1.82, 2.24) is 0 Å². The van der Waals surface area contributed by atoms with Crippen LogP contribution in [-0.2, 0) is 5.41 Å². The van der Waals surface area contributed by atoms with Crippen LogP contribution in [0.5, 0.6) is 0 Å². The van der Waals surface area contributed by atoms with E-state index in [1.165, 1.54) is 5.56 Å². The van der Waals surface area contributed by atoms with E-state index in [4.69, 9.17) is 17.3 Å². The summed E-state index contributed by atoms with van der Waals surface area (Å²) in [5.41, 5.74) is 9.07. The van der Waals surface area contributed by atoms with Gasteiger partial charge >= 0.3 is 0 Å². The zero-order chi connectivity index (χ0) is 20.6. The van der Waals surface area contributed by atoms with Crippen LogP contribution in [0, 0.1) is 0 Å². The van der Waals surface area contributed by atoms with Gasteiger partial charge in [-0.1, -0.05) is 75.9 Å². The Morgan fingerprint density at radius 2 is 1.74 bits per heavy atom. The third kappa shape index (κ3) is 7.30. The molecule has 3 N–H and O–H groups in total. The van der Waals surface area contributed by atoms with E-state index in [-0.39, 0.29) is 5.41 Å². The molecule has 0 bridgehead atoms.